The number of anilines is 3. The minimum Gasteiger partial charge on any atom is -0.310 e. The van der Waals surface area contributed by atoms with E-state index in [0.29, 0.717) is 0 Å². The van der Waals surface area contributed by atoms with E-state index in [-0.39, 0.29) is 5.41 Å². The standard InChI is InChI=1S/C51H39N/c1-51(2)48-25-15-14-24-46(48)50-47(39-20-10-5-11-21-39)34-43(35-49(50)51)52(41-30-26-37(27-31-41)36-16-6-3-7-17-36)42-32-28-40(29-33-42)45-23-13-12-22-44(45)38-18-8-4-9-19-38/h3-35H,1-2H3. The lowest BCUT2D eigenvalue weighted by molar-refractivity contribution is 0.660. The van der Waals surface area contributed by atoms with Gasteiger partial charge in [0.15, 0.2) is 0 Å². The molecule has 1 aliphatic carbocycles. The van der Waals surface area contributed by atoms with Gasteiger partial charge in [-0.1, -0.05) is 178 Å². The van der Waals surface area contributed by atoms with Gasteiger partial charge in [0.05, 0.1) is 0 Å². The molecular formula is C51H39N. The van der Waals surface area contributed by atoms with E-state index in [4.69, 9.17) is 0 Å². The number of hydrogen-bond acceptors (Lipinski definition) is 1. The van der Waals surface area contributed by atoms with Gasteiger partial charge in [-0.15, -0.1) is 0 Å². The van der Waals surface area contributed by atoms with Crippen LogP contribution in [0.25, 0.3) is 55.6 Å². The predicted octanol–water partition coefficient (Wildman–Crippen LogP) is 14.1. The third-order valence-corrected chi connectivity index (χ3v) is 10.7. The minimum atomic E-state index is -0.153. The second-order valence-corrected chi connectivity index (χ2v) is 14.2. The Kier molecular flexibility index (Phi) is 7.90. The first-order chi connectivity index (χ1) is 25.6. The molecule has 0 bridgehead atoms. The Morgan fingerprint density at radius 1 is 0.308 bits per heavy atom. The summed E-state index contributed by atoms with van der Waals surface area (Å²) in [6, 6.07) is 72.7. The Morgan fingerprint density at radius 2 is 0.712 bits per heavy atom. The lowest BCUT2D eigenvalue weighted by Crippen LogP contribution is -2.17. The topological polar surface area (TPSA) is 3.24 Å². The van der Waals surface area contributed by atoms with Crippen LogP contribution in [0.4, 0.5) is 17.1 Å². The number of fused-ring (bicyclic) bond motifs is 3. The number of benzene rings is 8. The Labute approximate surface area is 307 Å². The first-order valence-corrected chi connectivity index (χ1v) is 18.1. The fraction of sp³-hybridized carbons (Fsp3) is 0.0588. The fourth-order valence-electron chi connectivity index (χ4n) is 8.05. The highest BCUT2D eigenvalue weighted by Gasteiger charge is 2.37. The summed E-state index contributed by atoms with van der Waals surface area (Å²) in [5, 5.41) is 0. The molecule has 8 aromatic carbocycles. The van der Waals surface area contributed by atoms with Crippen molar-refractivity contribution in [2.75, 3.05) is 4.90 Å². The van der Waals surface area contributed by atoms with Gasteiger partial charge in [-0.25, -0.2) is 0 Å². The zero-order valence-corrected chi connectivity index (χ0v) is 29.5. The lowest BCUT2D eigenvalue weighted by atomic mass is 9.81. The van der Waals surface area contributed by atoms with E-state index in [1.54, 1.807) is 0 Å². The molecule has 0 heterocycles. The minimum absolute atomic E-state index is 0.153. The van der Waals surface area contributed by atoms with E-state index in [0.717, 1.165) is 17.1 Å². The first kappa shape index (κ1) is 31.5. The summed E-state index contributed by atoms with van der Waals surface area (Å²) in [6.07, 6.45) is 0. The molecule has 1 nitrogen and oxygen atoms in total. The average molecular weight is 666 g/mol. The average Bonchev–Trinajstić information content (AvgIpc) is 3.45. The Bertz CT molecular complexity index is 2500. The van der Waals surface area contributed by atoms with Crippen LogP contribution >= 0.6 is 0 Å². The van der Waals surface area contributed by atoms with E-state index in [1.165, 1.54) is 66.8 Å². The molecule has 1 aliphatic rings. The summed E-state index contributed by atoms with van der Waals surface area (Å²) in [5.41, 5.74) is 18.4. The van der Waals surface area contributed by atoms with Crippen molar-refractivity contribution >= 4 is 17.1 Å². The van der Waals surface area contributed by atoms with Crippen molar-refractivity contribution in [2.24, 2.45) is 0 Å². The maximum Gasteiger partial charge on any atom is 0.0471 e. The highest BCUT2D eigenvalue weighted by Crippen LogP contribution is 2.54. The van der Waals surface area contributed by atoms with Crippen molar-refractivity contribution in [3.8, 4) is 55.6 Å². The van der Waals surface area contributed by atoms with E-state index in [2.05, 4.69) is 219 Å². The van der Waals surface area contributed by atoms with Crippen molar-refractivity contribution in [3.63, 3.8) is 0 Å². The summed E-state index contributed by atoms with van der Waals surface area (Å²) in [7, 11) is 0. The van der Waals surface area contributed by atoms with E-state index >= 15 is 0 Å². The second kappa shape index (κ2) is 13.0. The van der Waals surface area contributed by atoms with Crippen molar-refractivity contribution in [2.45, 2.75) is 19.3 Å². The summed E-state index contributed by atoms with van der Waals surface area (Å²) in [6.45, 7) is 4.74. The van der Waals surface area contributed by atoms with E-state index < -0.39 is 0 Å². The molecule has 0 radical (unpaired) electrons. The van der Waals surface area contributed by atoms with Gasteiger partial charge in [0.2, 0.25) is 0 Å². The smallest absolute Gasteiger partial charge is 0.0471 e. The summed E-state index contributed by atoms with van der Waals surface area (Å²) >= 11 is 0. The van der Waals surface area contributed by atoms with Gasteiger partial charge in [-0.3, -0.25) is 0 Å². The van der Waals surface area contributed by atoms with Crippen molar-refractivity contribution < 1.29 is 0 Å². The second-order valence-electron chi connectivity index (χ2n) is 14.2. The molecule has 0 amide bonds. The molecule has 8 aromatic rings. The van der Waals surface area contributed by atoms with Crippen molar-refractivity contribution in [1.29, 1.82) is 0 Å². The van der Waals surface area contributed by atoms with Crippen LogP contribution in [0.5, 0.6) is 0 Å². The first-order valence-electron chi connectivity index (χ1n) is 18.1. The van der Waals surface area contributed by atoms with Gasteiger partial charge in [-0.05, 0) is 103 Å². The van der Waals surface area contributed by atoms with Gasteiger partial charge in [0.25, 0.3) is 0 Å². The molecule has 248 valence electrons. The Balaban J connectivity index is 1.22. The SMILES string of the molecule is CC1(C)c2ccccc2-c2c(-c3ccccc3)cc(N(c3ccc(-c4ccccc4)cc3)c3ccc(-c4ccccc4-c4ccccc4)cc3)cc21. The van der Waals surface area contributed by atoms with Gasteiger partial charge >= 0.3 is 0 Å². The van der Waals surface area contributed by atoms with Crippen LogP contribution in [-0.2, 0) is 5.41 Å². The fourth-order valence-corrected chi connectivity index (χ4v) is 8.05. The molecule has 0 aromatic heterocycles. The van der Waals surface area contributed by atoms with Crippen LogP contribution in [-0.4, -0.2) is 0 Å². The molecule has 0 aliphatic heterocycles. The Hall–Kier alpha value is -6.44. The number of nitrogens with zero attached hydrogens (tertiary/aromatic N) is 1. The van der Waals surface area contributed by atoms with Crippen LogP contribution in [0.1, 0.15) is 25.0 Å². The quantitative estimate of drug-likeness (QED) is 0.164. The molecule has 0 fully saturated rings. The third kappa shape index (κ3) is 5.52. The Morgan fingerprint density at radius 3 is 1.27 bits per heavy atom. The van der Waals surface area contributed by atoms with Gasteiger partial charge in [0, 0.05) is 22.5 Å². The van der Waals surface area contributed by atoms with Crippen LogP contribution in [0.15, 0.2) is 200 Å². The largest absolute Gasteiger partial charge is 0.310 e. The molecule has 0 saturated carbocycles. The molecule has 0 spiro atoms. The summed E-state index contributed by atoms with van der Waals surface area (Å²) < 4.78 is 0. The molecule has 0 atom stereocenters. The van der Waals surface area contributed by atoms with Crippen LogP contribution < -0.4 is 4.90 Å². The summed E-state index contributed by atoms with van der Waals surface area (Å²) in [5.74, 6) is 0. The maximum absolute atomic E-state index is 2.44. The van der Waals surface area contributed by atoms with E-state index in [9.17, 15) is 0 Å². The normalized spacial score (nSPS) is 12.6. The molecule has 0 unspecified atom stereocenters. The molecule has 1 heteroatoms. The monoisotopic (exact) mass is 665 g/mol. The zero-order chi connectivity index (χ0) is 35.1. The zero-order valence-electron chi connectivity index (χ0n) is 29.5. The molecule has 0 N–H and O–H groups in total. The highest BCUT2D eigenvalue weighted by atomic mass is 15.1. The van der Waals surface area contributed by atoms with Crippen LogP contribution in [0, 0.1) is 0 Å². The molecule has 0 saturated heterocycles. The van der Waals surface area contributed by atoms with Crippen LogP contribution in [0.3, 0.4) is 0 Å². The van der Waals surface area contributed by atoms with Crippen molar-refractivity contribution in [3.05, 3.63) is 211 Å². The molecular weight excluding hydrogens is 627 g/mol. The molecule has 52 heavy (non-hydrogen) atoms. The summed E-state index contributed by atoms with van der Waals surface area (Å²) in [4.78, 5) is 2.42. The maximum atomic E-state index is 2.44. The molecule has 9 rings (SSSR count). The third-order valence-electron chi connectivity index (χ3n) is 10.7. The van der Waals surface area contributed by atoms with Gasteiger partial charge in [-0.2, -0.15) is 0 Å². The lowest BCUT2D eigenvalue weighted by Gasteiger charge is -2.29. The van der Waals surface area contributed by atoms with Crippen LogP contribution in [0.2, 0.25) is 0 Å². The highest BCUT2D eigenvalue weighted by molar-refractivity contribution is 5.96. The number of rotatable bonds is 7. The number of hydrogen-bond donors (Lipinski definition) is 0. The van der Waals surface area contributed by atoms with Gasteiger partial charge in [0.1, 0.15) is 0 Å². The van der Waals surface area contributed by atoms with E-state index in [1.807, 2.05) is 0 Å². The van der Waals surface area contributed by atoms with Gasteiger partial charge < -0.3 is 4.90 Å². The van der Waals surface area contributed by atoms with Crippen molar-refractivity contribution in [1.82, 2.24) is 0 Å². The predicted molar refractivity (Wildman–Crippen MR) is 220 cm³/mol.